The van der Waals surface area contributed by atoms with Crippen LogP contribution in [0.4, 0.5) is 5.13 Å². The number of hydrogen-bond acceptors (Lipinski definition) is 7. The molecule has 0 radical (unpaired) electrons. The van der Waals surface area contributed by atoms with Gasteiger partial charge in [-0.1, -0.05) is 23.5 Å². The number of rotatable bonds is 7. The Hall–Kier alpha value is -2.74. The van der Waals surface area contributed by atoms with Crippen molar-refractivity contribution in [1.29, 1.82) is 5.41 Å². The first-order valence-corrected chi connectivity index (χ1v) is 8.43. The van der Waals surface area contributed by atoms with Crippen LogP contribution in [0.25, 0.3) is 10.2 Å². The normalized spacial score (nSPS) is 11.6. The number of fused-ring (bicyclic) bond motifs is 1. The first-order valence-electron chi connectivity index (χ1n) is 7.61. The van der Waals surface area contributed by atoms with Crippen molar-refractivity contribution in [1.82, 2.24) is 4.98 Å². The van der Waals surface area contributed by atoms with Crippen LogP contribution < -0.4 is 5.32 Å². The maximum atomic E-state index is 12.6. The third kappa shape index (κ3) is 4.63. The number of thiazole rings is 1. The van der Waals surface area contributed by atoms with E-state index in [1.807, 2.05) is 24.3 Å². The number of aromatic nitrogens is 1. The van der Waals surface area contributed by atoms with E-state index in [2.05, 4.69) is 15.0 Å². The summed E-state index contributed by atoms with van der Waals surface area (Å²) in [6.07, 6.45) is -0.316. The number of benzene rings is 1. The molecule has 0 saturated heterocycles. The summed E-state index contributed by atoms with van der Waals surface area (Å²) >= 11 is 1.33. The first-order chi connectivity index (χ1) is 12.0. The molecule has 0 spiro atoms. The number of esters is 1. The summed E-state index contributed by atoms with van der Waals surface area (Å²) in [5, 5.41) is 11.2. The molecular formula is C17H19N3O4S. The van der Waals surface area contributed by atoms with Crippen LogP contribution in [-0.2, 0) is 19.1 Å². The molecular weight excluding hydrogens is 342 g/mol. The molecule has 0 atom stereocenters. The van der Waals surface area contributed by atoms with Gasteiger partial charge in [-0.25, -0.2) is 4.98 Å². The molecule has 8 heteroatoms. The Morgan fingerprint density at radius 1 is 1.32 bits per heavy atom. The lowest BCUT2D eigenvalue weighted by molar-refractivity contribution is -0.139. The monoisotopic (exact) mass is 361 g/mol. The van der Waals surface area contributed by atoms with Crippen LogP contribution in [0, 0.1) is 5.41 Å². The van der Waals surface area contributed by atoms with Crippen molar-refractivity contribution >= 4 is 44.3 Å². The number of ether oxygens (including phenoxy) is 2. The number of hydrogen-bond donors (Lipinski definition) is 2. The summed E-state index contributed by atoms with van der Waals surface area (Å²) in [5.74, 6) is -0.867. The zero-order chi connectivity index (χ0) is 18.4. The van der Waals surface area contributed by atoms with Gasteiger partial charge in [0.2, 0.25) is 0 Å². The predicted octanol–water partition coefficient (Wildman–Crippen LogP) is 3.13. The van der Waals surface area contributed by atoms with E-state index < -0.39 is 11.9 Å². The fourth-order valence-electron chi connectivity index (χ4n) is 2.19. The Bertz CT molecular complexity index is 808. The standard InChI is InChI=1S/C17H19N3O4S/c1-4-24-10(2)15(11(18)9-14(21)23-3)16(22)20-17-19-12-7-5-6-8-13(12)25-17/h5-8,18H,4,9H2,1-3H3,(H,19,20,22)/b15-10+,18-11?. The minimum atomic E-state index is -0.598. The van der Waals surface area contributed by atoms with E-state index in [0.29, 0.717) is 11.7 Å². The largest absolute Gasteiger partial charge is 0.498 e. The molecule has 1 amide bonds. The van der Waals surface area contributed by atoms with E-state index in [4.69, 9.17) is 10.1 Å². The predicted molar refractivity (Wildman–Crippen MR) is 96.9 cm³/mol. The van der Waals surface area contributed by atoms with Crippen molar-refractivity contribution in [2.45, 2.75) is 20.3 Å². The number of allylic oxidation sites excluding steroid dienone is 1. The average molecular weight is 361 g/mol. The lowest BCUT2D eigenvalue weighted by Gasteiger charge is -2.12. The summed E-state index contributed by atoms with van der Waals surface area (Å²) in [7, 11) is 1.23. The lowest BCUT2D eigenvalue weighted by Crippen LogP contribution is -2.24. The van der Waals surface area contributed by atoms with Crippen LogP contribution in [-0.4, -0.2) is 36.3 Å². The number of carbonyl (C=O) groups excluding carboxylic acids is 2. The number of anilines is 1. The van der Waals surface area contributed by atoms with Gasteiger partial charge in [-0.05, 0) is 26.0 Å². The number of nitrogens with zero attached hydrogens (tertiary/aromatic N) is 1. The molecule has 0 fully saturated rings. The molecule has 2 rings (SSSR count). The van der Waals surface area contributed by atoms with Gasteiger partial charge in [-0.2, -0.15) is 0 Å². The zero-order valence-corrected chi connectivity index (χ0v) is 15.0. The second-order valence-electron chi connectivity index (χ2n) is 5.04. The summed E-state index contributed by atoms with van der Waals surface area (Å²) < 4.78 is 10.9. The van der Waals surface area contributed by atoms with Crippen LogP contribution in [0.2, 0.25) is 0 Å². The third-order valence-electron chi connectivity index (χ3n) is 3.30. The first kappa shape index (κ1) is 18.6. The van der Waals surface area contributed by atoms with E-state index >= 15 is 0 Å². The molecule has 0 aliphatic carbocycles. The van der Waals surface area contributed by atoms with Gasteiger partial charge in [0.1, 0.15) is 5.76 Å². The molecule has 0 unspecified atom stereocenters. The molecule has 132 valence electrons. The Labute approximate surface area is 149 Å². The lowest BCUT2D eigenvalue weighted by atomic mass is 10.1. The summed E-state index contributed by atoms with van der Waals surface area (Å²) in [6, 6.07) is 7.51. The minimum Gasteiger partial charge on any atom is -0.498 e. The highest BCUT2D eigenvalue weighted by Crippen LogP contribution is 2.26. The van der Waals surface area contributed by atoms with Crippen molar-refractivity contribution < 1.29 is 19.1 Å². The van der Waals surface area contributed by atoms with Gasteiger partial charge in [-0.3, -0.25) is 14.9 Å². The Morgan fingerprint density at radius 2 is 2.04 bits per heavy atom. The van der Waals surface area contributed by atoms with Gasteiger partial charge >= 0.3 is 5.97 Å². The number of amides is 1. The van der Waals surface area contributed by atoms with Gasteiger partial charge in [0, 0.05) is 0 Å². The van der Waals surface area contributed by atoms with Crippen LogP contribution in [0.5, 0.6) is 0 Å². The molecule has 2 aromatic rings. The second-order valence-corrected chi connectivity index (χ2v) is 6.07. The third-order valence-corrected chi connectivity index (χ3v) is 4.26. The highest BCUT2D eigenvalue weighted by atomic mass is 32.1. The second kappa shape index (κ2) is 8.39. The number of para-hydroxylation sites is 1. The average Bonchev–Trinajstić information content (AvgIpc) is 2.97. The molecule has 1 aromatic carbocycles. The van der Waals surface area contributed by atoms with Crippen LogP contribution >= 0.6 is 11.3 Å². The number of carbonyl (C=O) groups is 2. The van der Waals surface area contributed by atoms with Crippen molar-refractivity contribution in [3.8, 4) is 0 Å². The van der Waals surface area contributed by atoms with E-state index in [1.165, 1.54) is 18.4 Å². The molecule has 25 heavy (non-hydrogen) atoms. The highest BCUT2D eigenvalue weighted by molar-refractivity contribution is 7.22. The summed E-state index contributed by atoms with van der Waals surface area (Å²) in [6.45, 7) is 3.70. The topological polar surface area (TPSA) is 101 Å². The zero-order valence-electron chi connectivity index (χ0n) is 14.2. The fourth-order valence-corrected chi connectivity index (χ4v) is 3.05. The van der Waals surface area contributed by atoms with E-state index in [9.17, 15) is 9.59 Å². The molecule has 7 nitrogen and oxygen atoms in total. The molecule has 2 N–H and O–H groups in total. The molecule has 0 saturated carbocycles. The van der Waals surface area contributed by atoms with E-state index in [1.54, 1.807) is 13.8 Å². The van der Waals surface area contributed by atoms with Gasteiger partial charge < -0.3 is 14.9 Å². The van der Waals surface area contributed by atoms with Crippen LogP contribution in [0.1, 0.15) is 20.3 Å². The smallest absolute Gasteiger partial charge is 0.311 e. The summed E-state index contributed by atoms with van der Waals surface area (Å²) in [5.41, 5.74) is 0.613. The number of nitrogens with one attached hydrogen (secondary N) is 2. The highest BCUT2D eigenvalue weighted by Gasteiger charge is 2.23. The van der Waals surface area contributed by atoms with Gasteiger partial charge in [0.05, 0.1) is 41.6 Å². The van der Waals surface area contributed by atoms with Gasteiger partial charge in [-0.15, -0.1) is 0 Å². The summed E-state index contributed by atoms with van der Waals surface area (Å²) in [4.78, 5) is 28.4. The molecule has 0 aliphatic rings. The maximum Gasteiger partial charge on any atom is 0.311 e. The Morgan fingerprint density at radius 3 is 2.68 bits per heavy atom. The Balaban J connectivity index is 2.26. The van der Waals surface area contributed by atoms with Crippen molar-refractivity contribution in [2.75, 3.05) is 19.0 Å². The van der Waals surface area contributed by atoms with Crippen molar-refractivity contribution in [2.24, 2.45) is 0 Å². The molecule has 1 heterocycles. The quantitative estimate of drug-likeness (QED) is 0.341. The van der Waals surface area contributed by atoms with E-state index in [0.717, 1.165) is 10.2 Å². The molecule has 0 aliphatic heterocycles. The molecule has 0 bridgehead atoms. The molecule has 1 aromatic heterocycles. The van der Waals surface area contributed by atoms with Gasteiger partial charge in [0.25, 0.3) is 5.91 Å². The van der Waals surface area contributed by atoms with E-state index in [-0.39, 0.29) is 23.5 Å². The van der Waals surface area contributed by atoms with Crippen LogP contribution in [0.3, 0.4) is 0 Å². The fraction of sp³-hybridized carbons (Fsp3) is 0.294. The van der Waals surface area contributed by atoms with Crippen molar-refractivity contribution in [3.05, 3.63) is 35.6 Å². The van der Waals surface area contributed by atoms with Crippen LogP contribution in [0.15, 0.2) is 35.6 Å². The Kier molecular flexibility index (Phi) is 6.24. The van der Waals surface area contributed by atoms with Crippen molar-refractivity contribution in [3.63, 3.8) is 0 Å². The number of methoxy groups -OCH3 is 1. The SMILES string of the molecule is CCO/C(C)=C(\C(=N)CC(=O)OC)C(=O)Nc1nc2ccccc2s1. The van der Waals surface area contributed by atoms with Gasteiger partial charge in [0.15, 0.2) is 5.13 Å². The maximum absolute atomic E-state index is 12.6. The minimum absolute atomic E-state index is 0.00602.